The molecule has 0 radical (unpaired) electrons. The van der Waals surface area contributed by atoms with E-state index in [1.165, 1.54) is 6.42 Å². The number of likely N-dealkylation sites (tertiary alicyclic amines) is 1. The molecule has 1 aliphatic heterocycles. The van der Waals surface area contributed by atoms with E-state index in [1.807, 2.05) is 35.3 Å². The largest absolute Gasteiger partial charge is 0.306 e. The number of fused-ring (bicyclic) bond motifs is 1. The highest BCUT2D eigenvalue weighted by Crippen LogP contribution is 2.25. The fourth-order valence-corrected chi connectivity index (χ4v) is 4.13. The molecule has 4 heterocycles. The molecule has 3 aromatic heterocycles. The van der Waals surface area contributed by atoms with Crippen molar-refractivity contribution in [1.82, 2.24) is 35.1 Å². The lowest BCUT2D eigenvalue weighted by atomic mass is 10.0. The molecule has 2 N–H and O–H groups in total. The van der Waals surface area contributed by atoms with Gasteiger partial charge in [0.25, 0.3) is 0 Å². The van der Waals surface area contributed by atoms with E-state index >= 15 is 0 Å². The molecule has 0 saturated carbocycles. The molecular formula is C21H23N7O. The summed E-state index contributed by atoms with van der Waals surface area (Å²) in [6, 6.07) is 5.91. The van der Waals surface area contributed by atoms with Crippen molar-refractivity contribution in [2.45, 2.75) is 19.4 Å². The molecule has 4 aromatic rings. The zero-order valence-electron chi connectivity index (χ0n) is 16.3. The number of aromatic amines is 2. The SMILES string of the molecule is CN1CCC(Cn2cc(CC(=O)c3n[nH]c4cc(-c5cn[nH]c5)ccc34)cn2)C1. The molecule has 1 atom stereocenters. The minimum absolute atomic E-state index is 0.00698. The molecule has 148 valence electrons. The Bertz CT molecular complexity index is 1140. The summed E-state index contributed by atoms with van der Waals surface area (Å²) in [7, 11) is 2.15. The van der Waals surface area contributed by atoms with Crippen molar-refractivity contribution < 1.29 is 4.79 Å². The summed E-state index contributed by atoms with van der Waals surface area (Å²) in [4.78, 5) is 15.2. The third-order valence-corrected chi connectivity index (χ3v) is 5.64. The van der Waals surface area contributed by atoms with Crippen LogP contribution in [0.1, 0.15) is 22.5 Å². The lowest BCUT2D eigenvalue weighted by molar-refractivity contribution is 0.0989. The molecule has 5 rings (SSSR count). The normalized spacial score (nSPS) is 17.3. The average molecular weight is 389 g/mol. The second-order valence-corrected chi connectivity index (χ2v) is 7.91. The Balaban J connectivity index is 1.30. The molecule has 8 nitrogen and oxygen atoms in total. The van der Waals surface area contributed by atoms with Gasteiger partial charge in [0.15, 0.2) is 5.78 Å². The Hall–Kier alpha value is -3.26. The maximum atomic E-state index is 12.9. The van der Waals surface area contributed by atoms with Gasteiger partial charge in [-0.2, -0.15) is 15.3 Å². The molecule has 1 aliphatic rings. The minimum atomic E-state index is -0.00698. The van der Waals surface area contributed by atoms with Gasteiger partial charge in [0.1, 0.15) is 5.69 Å². The minimum Gasteiger partial charge on any atom is -0.306 e. The fourth-order valence-electron chi connectivity index (χ4n) is 4.13. The zero-order valence-corrected chi connectivity index (χ0v) is 16.3. The average Bonchev–Trinajstić information content (AvgIpc) is 3.49. The summed E-state index contributed by atoms with van der Waals surface area (Å²) in [5.41, 5.74) is 4.26. The van der Waals surface area contributed by atoms with Crippen molar-refractivity contribution in [2.24, 2.45) is 5.92 Å². The Morgan fingerprint density at radius 1 is 1.28 bits per heavy atom. The van der Waals surface area contributed by atoms with Crippen molar-refractivity contribution in [1.29, 1.82) is 0 Å². The molecular weight excluding hydrogens is 366 g/mol. The van der Waals surface area contributed by atoms with Crippen molar-refractivity contribution in [3.8, 4) is 11.1 Å². The van der Waals surface area contributed by atoms with Gasteiger partial charge >= 0.3 is 0 Å². The standard InChI is InChI=1S/C21H23N7O/c1-27-5-4-14(11-27)12-28-13-15(8-24-28)6-20(29)21-18-3-2-16(7-19(18)25-26-21)17-9-22-23-10-17/h2-3,7-10,13-14H,4-6,11-12H2,1H3,(H,22,23)(H,25,26). The number of benzene rings is 1. The van der Waals surface area contributed by atoms with Gasteiger partial charge in [-0.05, 0) is 49.2 Å². The van der Waals surface area contributed by atoms with Crippen LogP contribution >= 0.6 is 0 Å². The number of Topliss-reactive ketones (excluding diaryl/α,β-unsaturated/α-hetero) is 1. The Morgan fingerprint density at radius 2 is 2.21 bits per heavy atom. The van der Waals surface area contributed by atoms with Crippen LogP contribution < -0.4 is 0 Å². The van der Waals surface area contributed by atoms with Crippen LogP contribution in [0.25, 0.3) is 22.0 Å². The van der Waals surface area contributed by atoms with Crippen molar-refractivity contribution in [3.63, 3.8) is 0 Å². The van der Waals surface area contributed by atoms with E-state index in [0.717, 1.165) is 47.2 Å². The van der Waals surface area contributed by atoms with Crippen LogP contribution in [0, 0.1) is 5.92 Å². The van der Waals surface area contributed by atoms with Gasteiger partial charge in [0, 0.05) is 42.9 Å². The fraction of sp³-hybridized carbons (Fsp3) is 0.333. The number of carbonyl (C=O) groups excluding carboxylic acids is 1. The van der Waals surface area contributed by atoms with Gasteiger partial charge in [0.2, 0.25) is 0 Å². The van der Waals surface area contributed by atoms with Crippen LogP contribution in [0.2, 0.25) is 0 Å². The molecule has 0 aliphatic carbocycles. The first-order chi connectivity index (χ1) is 14.2. The predicted octanol–water partition coefficient (Wildman–Crippen LogP) is 2.53. The molecule has 0 spiro atoms. The number of hydrogen-bond acceptors (Lipinski definition) is 5. The highest BCUT2D eigenvalue weighted by molar-refractivity contribution is 6.07. The first-order valence-electron chi connectivity index (χ1n) is 9.86. The van der Waals surface area contributed by atoms with Gasteiger partial charge in [0.05, 0.1) is 17.9 Å². The number of nitrogens with one attached hydrogen (secondary N) is 2. The first-order valence-corrected chi connectivity index (χ1v) is 9.86. The maximum absolute atomic E-state index is 12.9. The molecule has 0 bridgehead atoms. The third-order valence-electron chi connectivity index (χ3n) is 5.64. The predicted molar refractivity (Wildman–Crippen MR) is 110 cm³/mol. The molecule has 1 fully saturated rings. The van der Waals surface area contributed by atoms with E-state index in [1.54, 1.807) is 12.4 Å². The number of carbonyl (C=O) groups is 1. The smallest absolute Gasteiger partial charge is 0.188 e. The molecule has 8 heteroatoms. The van der Waals surface area contributed by atoms with Crippen molar-refractivity contribution in [2.75, 3.05) is 20.1 Å². The van der Waals surface area contributed by atoms with Crippen LogP contribution in [0.3, 0.4) is 0 Å². The van der Waals surface area contributed by atoms with Gasteiger partial charge in [-0.1, -0.05) is 6.07 Å². The van der Waals surface area contributed by atoms with E-state index in [2.05, 4.69) is 37.4 Å². The quantitative estimate of drug-likeness (QED) is 0.494. The third kappa shape index (κ3) is 3.58. The van der Waals surface area contributed by atoms with Crippen LogP contribution in [-0.2, 0) is 13.0 Å². The monoisotopic (exact) mass is 389 g/mol. The maximum Gasteiger partial charge on any atom is 0.188 e. The molecule has 1 unspecified atom stereocenters. The van der Waals surface area contributed by atoms with Gasteiger partial charge in [-0.15, -0.1) is 0 Å². The van der Waals surface area contributed by atoms with Crippen LogP contribution in [0.15, 0.2) is 43.0 Å². The summed E-state index contributed by atoms with van der Waals surface area (Å²) in [5, 5.41) is 19.4. The number of rotatable bonds is 6. The number of nitrogens with zero attached hydrogens (tertiary/aromatic N) is 5. The Labute approximate surface area is 167 Å². The molecule has 1 aromatic carbocycles. The van der Waals surface area contributed by atoms with E-state index < -0.39 is 0 Å². The summed E-state index contributed by atoms with van der Waals surface area (Å²) in [5.74, 6) is 0.621. The topological polar surface area (TPSA) is 95.5 Å². The van der Waals surface area contributed by atoms with Crippen molar-refractivity contribution in [3.05, 3.63) is 54.2 Å². The first kappa shape index (κ1) is 17.8. The Kier molecular flexibility index (Phi) is 4.48. The lowest BCUT2D eigenvalue weighted by Crippen LogP contribution is -2.17. The number of hydrogen-bond donors (Lipinski definition) is 2. The van der Waals surface area contributed by atoms with Gasteiger partial charge in [-0.3, -0.25) is 19.7 Å². The summed E-state index contributed by atoms with van der Waals surface area (Å²) < 4.78 is 1.96. The highest BCUT2D eigenvalue weighted by Gasteiger charge is 2.21. The van der Waals surface area contributed by atoms with Crippen LogP contribution in [0.5, 0.6) is 0 Å². The lowest BCUT2D eigenvalue weighted by Gasteiger charge is -2.09. The number of ketones is 1. The second kappa shape index (κ2) is 7.29. The Morgan fingerprint density at radius 3 is 3.00 bits per heavy atom. The van der Waals surface area contributed by atoms with E-state index in [4.69, 9.17) is 0 Å². The van der Waals surface area contributed by atoms with Crippen LogP contribution in [-0.4, -0.2) is 61.0 Å². The highest BCUT2D eigenvalue weighted by atomic mass is 16.1. The molecule has 29 heavy (non-hydrogen) atoms. The van der Waals surface area contributed by atoms with Crippen molar-refractivity contribution >= 4 is 16.7 Å². The summed E-state index contributed by atoms with van der Waals surface area (Å²) in [6.07, 6.45) is 8.89. The molecule has 0 amide bonds. The number of H-pyrrole nitrogens is 2. The van der Waals surface area contributed by atoms with Gasteiger partial charge < -0.3 is 4.90 Å². The van der Waals surface area contributed by atoms with E-state index in [-0.39, 0.29) is 5.78 Å². The summed E-state index contributed by atoms with van der Waals surface area (Å²) in [6.45, 7) is 3.15. The zero-order chi connectivity index (χ0) is 19.8. The van der Waals surface area contributed by atoms with Crippen LogP contribution in [0.4, 0.5) is 0 Å². The second-order valence-electron chi connectivity index (χ2n) is 7.91. The molecule has 1 saturated heterocycles. The number of aromatic nitrogens is 6. The summed E-state index contributed by atoms with van der Waals surface area (Å²) >= 11 is 0. The van der Waals surface area contributed by atoms with Gasteiger partial charge in [-0.25, -0.2) is 0 Å². The van der Waals surface area contributed by atoms with E-state index in [0.29, 0.717) is 18.0 Å². The van der Waals surface area contributed by atoms with E-state index in [9.17, 15) is 4.79 Å².